The van der Waals surface area contributed by atoms with Crippen molar-refractivity contribution in [1.82, 2.24) is 4.90 Å². The second-order valence-electron chi connectivity index (χ2n) is 5.25. The molecule has 19 heavy (non-hydrogen) atoms. The molecule has 0 aliphatic carbocycles. The molecule has 1 fully saturated rings. The molecule has 0 saturated carbocycles. The van der Waals surface area contributed by atoms with Crippen molar-refractivity contribution < 1.29 is 9.90 Å². The summed E-state index contributed by atoms with van der Waals surface area (Å²) in [5.41, 5.74) is 2.25. The van der Waals surface area contributed by atoms with E-state index >= 15 is 0 Å². The van der Waals surface area contributed by atoms with Crippen molar-refractivity contribution in [2.45, 2.75) is 19.8 Å². The predicted molar refractivity (Wildman–Crippen MR) is 77.1 cm³/mol. The molecule has 0 amide bonds. The summed E-state index contributed by atoms with van der Waals surface area (Å²) in [4.78, 5) is 15.8. The Kier molecular flexibility index (Phi) is 4.43. The van der Waals surface area contributed by atoms with Crippen LogP contribution in [0.5, 0.6) is 0 Å². The summed E-state index contributed by atoms with van der Waals surface area (Å²) in [5.74, 6) is -0.855. The SMILES string of the molecule is Cc1cccc(C(=O)O)c1N(C)CCN1CCCC1. The number of likely N-dealkylation sites (N-methyl/N-ethyl adjacent to an activating group) is 1. The van der Waals surface area contributed by atoms with Crippen molar-refractivity contribution in [2.24, 2.45) is 0 Å². The molecule has 2 rings (SSSR count). The molecule has 1 aliphatic heterocycles. The Labute approximate surface area is 114 Å². The fourth-order valence-corrected chi connectivity index (χ4v) is 2.75. The van der Waals surface area contributed by atoms with Crippen molar-refractivity contribution in [1.29, 1.82) is 0 Å². The number of hydrogen-bond acceptors (Lipinski definition) is 3. The number of hydrogen-bond donors (Lipinski definition) is 1. The number of carbonyl (C=O) groups is 1. The summed E-state index contributed by atoms with van der Waals surface area (Å²) >= 11 is 0. The van der Waals surface area contributed by atoms with E-state index in [2.05, 4.69) is 9.80 Å². The van der Waals surface area contributed by atoms with E-state index in [0.29, 0.717) is 5.56 Å². The molecule has 0 atom stereocenters. The van der Waals surface area contributed by atoms with Crippen LogP contribution in [0.1, 0.15) is 28.8 Å². The summed E-state index contributed by atoms with van der Waals surface area (Å²) < 4.78 is 0. The van der Waals surface area contributed by atoms with Gasteiger partial charge in [-0.2, -0.15) is 0 Å². The maximum absolute atomic E-state index is 11.3. The lowest BCUT2D eigenvalue weighted by Crippen LogP contribution is -2.32. The molecule has 4 nitrogen and oxygen atoms in total. The molecule has 4 heteroatoms. The number of benzene rings is 1. The maximum Gasteiger partial charge on any atom is 0.337 e. The zero-order valence-electron chi connectivity index (χ0n) is 11.7. The highest BCUT2D eigenvalue weighted by Gasteiger charge is 2.17. The monoisotopic (exact) mass is 262 g/mol. The number of anilines is 1. The highest BCUT2D eigenvalue weighted by molar-refractivity contribution is 5.95. The Balaban J connectivity index is 2.08. The minimum atomic E-state index is -0.855. The number of likely N-dealkylation sites (tertiary alicyclic amines) is 1. The number of carboxylic acid groups (broad SMARTS) is 1. The lowest BCUT2D eigenvalue weighted by molar-refractivity contribution is 0.0697. The van der Waals surface area contributed by atoms with Gasteiger partial charge in [0.25, 0.3) is 0 Å². The summed E-state index contributed by atoms with van der Waals surface area (Å²) in [5, 5.41) is 9.28. The van der Waals surface area contributed by atoms with Crippen LogP contribution < -0.4 is 4.90 Å². The van der Waals surface area contributed by atoms with Gasteiger partial charge in [-0.05, 0) is 44.5 Å². The van der Waals surface area contributed by atoms with Crippen LogP contribution in [-0.4, -0.2) is 49.2 Å². The van der Waals surface area contributed by atoms with Crippen LogP contribution in [-0.2, 0) is 0 Å². The predicted octanol–water partition coefficient (Wildman–Crippen LogP) is 2.23. The first kappa shape index (κ1) is 13.9. The number of para-hydroxylation sites is 1. The summed E-state index contributed by atoms with van der Waals surface area (Å²) in [6.45, 7) is 6.18. The van der Waals surface area contributed by atoms with E-state index in [1.807, 2.05) is 20.0 Å². The van der Waals surface area contributed by atoms with Gasteiger partial charge in [-0.1, -0.05) is 12.1 Å². The standard InChI is InChI=1S/C15H22N2O2/c1-12-6-5-7-13(15(18)19)14(12)16(2)10-11-17-8-3-4-9-17/h5-7H,3-4,8-11H2,1-2H3,(H,18,19). The van der Waals surface area contributed by atoms with Crippen LogP contribution >= 0.6 is 0 Å². The zero-order chi connectivity index (χ0) is 13.8. The van der Waals surface area contributed by atoms with Crippen LogP contribution in [0.25, 0.3) is 0 Å². The van der Waals surface area contributed by atoms with Crippen LogP contribution in [0, 0.1) is 6.92 Å². The highest BCUT2D eigenvalue weighted by atomic mass is 16.4. The van der Waals surface area contributed by atoms with Crippen molar-refractivity contribution in [3.05, 3.63) is 29.3 Å². The van der Waals surface area contributed by atoms with Gasteiger partial charge in [-0.3, -0.25) is 0 Å². The molecule has 104 valence electrons. The van der Waals surface area contributed by atoms with E-state index in [4.69, 9.17) is 0 Å². The minimum Gasteiger partial charge on any atom is -0.478 e. The number of nitrogens with zero attached hydrogens (tertiary/aromatic N) is 2. The first-order valence-corrected chi connectivity index (χ1v) is 6.86. The third-order valence-electron chi connectivity index (χ3n) is 3.80. The fraction of sp³-hybridized carbons (Fsp3) is 0.533. The third kappa shape index (κ3) is 3.26. The molecule has 1 aliphatic rings. The molecule has 1 saturated heterocycles. The van der Waals surface area contributed by atoms with Gasteiger partial charge < -0.3 is 14.9 Å². The third-order valence-corrected chi connectivity index (χ3v) is 3.80. The van der Waals surface area contributed by atoms with Crippen LogP contribution in [0.4, 0.5) is 5.69 Å². The van der Waals surface area contributed by atoms with Crippen molar-refractivity contribution >= 4 is 11.7 Å². The second-order valence-corrected chi connectivity index (χ2v) is 5.25. The summed E-state index contributed by atoms with van der Waals surface area (Å²) in [6, 6.07) is 5.45. The maximum atomic E-state index is 11.3. The van der Waals surface area contributed by atoms with Crippen molar-refractivity contribution in [2.75, 3.05) is 38.1 Å². The largest absolute Gasteiger partial charge is 0.478 e. The van der Waals surface area contributed by atoms with Gasteiger partial charge in [0.15, 0.2) is 0 Å². The highest BCUT2D eigenvalue weighted by Crippen LogP contribution is 2.24. The molecule has 1 N–H and O–H groups in total. The lowest BCUT2D eigenvalue weighted by atomic mass is 10.1. The first-order valence-electron chi connectivity index (χ1n) is 6.86. The summed E-state index contributed by atoms with van der Waals surface area (Å²) in [6.07, 6.45) is 2.57. The Morgan fingerprint density at radius 1 is 1.37 bits per heavy atom. The average molecular weight is 262 g/mol. The van der Waals surface area contributed by atoms with E-state index in [9.17, 15) is 9.90 Å². The quantitative estimate of drug-likeness (QED) is 0.883. The van der Waals surface area contributed by atoms with Crippen LogP contribution in [0.15, 0.2) is 18.2 Å². The molecular formula is C15H22N2O2. The normalized spacial score (nSPS) is 15.7. The number of aryl methyl sites for hydroxylation is 1. The van der Waals surface area contributed by atoms with Gasteiger partial charge in [0, 0.05) is 20.1 Å². The molecular weight excluding hydrogens is 240 g/mol. The van der Waals surface area contributed by atoms with Gasteiger partial charge in [-0.15, -0.1) is 0 Å². The van der Waals surface area contributed by atoms with Crippen molar-refractivity contribution in [3.63, 3.8) is 0 Å². The summed E-state index contributed by atoms with van der Waals surface area (Å²) in [7, 11) is 1.98. The topological polar surface area (TPSA) is 43.8 Å². The zero-order valence-corrected chi connectivity index (χ0v) is 11.7. The average Bonchev–Trinajstić information content (AvgIpc) is 2.88. The molecule has 1 aromatic carbocycles. The Bertz CT molecular complexity index is 453. The van der Waals surface area contributed by atoms with Crippen molar-refractivity contribution in [3.8, 4) is 0 Å². The first-order chi connectivity index (χ1) is 9.09. The van der Waals surface area contributed by atoms with Crippen LogP contribution in [0.3, 0.4) is 0 Å². The molecule has 0 aromatic heterocycles. The molecule has 0 spiro atoms. The molecule has 0 bridgehead atoms. The number of carboxylic acids is 1. The number of aromatic carboxylic acids is 1. The molecule has 0 unspecified atom stereocenters. The Hall–Kier alpha value is -1.55. The van der Waals surface area contributed by atoms with E-state index in [0.717, 1.165) is 24.3 Å². The Morgan fingerprint density at radius 3 is 2.68 bits per heavy atom. The fourth-order valence-electron chi connectivity index (χ4n) is 2.75. The molecule has 1 aromatic rings. The minimum absolute atomic E-state index is 0.393. The van der Waals surface area contributed by atoms with Gasteiger partial charge in [-0.25, -0.2) is 4.79 Å². The van der Waals surface area contributed by atoms with Crippen LogP contribution in [0.2, 0.25) is 0 Å². The molecule has 0 radical (unpaired) electrons. The van der Waals surface area contributed by atoms with Gasteiger partial charge >= 0.3 is 5.97 Å². The van der Waals surface area contributed by atoms with Gasteiger partial charge in [0.2, 0.25) is 0 Å². The van der Waals surface area contributed by atoms with Gasteiger partial charge in [0.1, 0.15) is 0 Å². The van der Waals surface area contributed by atoms with E-state index in [1.165, 1.54) is 25.9 Å². The molecule has 1 heterocycles. The smallest absolute Gasteiger partial charge is 0.337 e. The van der Waals surface area contributed by atoms with Gasteiger partial charge in [0.05, 0.1) is 11.3 Å². The van der Waals surface area contributed by atoms with E-state index in [-0.39, 0.29) is 0 Å². The Morgan fingerprint density at radius 2 is 2.05 bits per heavy atom. The second kappa shape index (κ2) is 6.06. The lowest BCUT2D eigenvalue weighted by Gasteiger charge is -2.26. The number of rotatable bonds is 5. The van der Waals surface area contributed by atoms with E-state index in [1.54, 1.807) is 12.1 Å². The van der Waals surface area contributed by atoms with E-state index < -0.39 is 5.97 Å².